The van der Waals surface area contributed by atoms with E-state index in [0.717, 1.165) is 4.88 Å². The number of benzene rings is 1. The Morgan fingerprint density at radius 3 is 2.00 bits per heavy atom. The van der Waals surface area contributed by atoms with Crippen molar-refractivity contribution in [1.29, 1.82) is 0 Å². The molecule has 1 saturated heterocycles. The Labute approximate surface area is 178 Å². The fourth-order valence-corrected chi connectivity index (χ4v) is 4.56. The van der Waals surface area contributed by atoms with Crippen molar-refractivity contribution in [3.05, 3.63) is 57.8 Å². The Morgan fingerprint density at radius 2 is 1.43 bits per heavy atom. The zero-order valence-electron chi connectivity index (χ0n) is 16.6. The molecule has 2 aliphatic heterocycles. The first-order valence-corrected chi connectivity index (χ1v) is 11.0. The van der Waals surface area contributed by atoms with Crippen LogP contribution in [0, 0.1) is 0 Å². The van der Waals surface area contributed by atoms with E-state index < -0.39 is 0 Å². The van der Waals surface area contributed by atoms with Crippen molar-refractivity contribution < 1.29 is 19.2 Å². The number of thiophene rings is 1. The molecule has 3 heterocycles. The van der Waals surface area contributed by atoms with E-state index in [1.54, 1.807) is 40.5 Å². The molecule has 4 amide bonds. The fraction of sp³-hybridized carbons (Fsp3) is 0.364. The number of hydrogen-bond acceptors (Lipinski definition) is 5. The molecule has 156 valence electrons. The van der Waals surface area contributed by atoms with Gasteiger partial charge in [0.05, 0.1) is 17.5 Å². The molecule has 1 fully saturated rings. The Balaban J connectivity index is 1.21. The maximum Gasteiger partial charge on any atom is 0.261 e. The van der Waals surface area contributed by atoms with Crippen molar-refractivity contribution in [3.63, 3.8) is 0 Å². The highest BCUT2D eigenvalue weighted by Gasteiger charge is 2.34. The molecule has 7 nitrogen and oxygen atoms in total. The lowest BCUT2D eigenvalue weighted by atomic mass is 10.1. The monoisotopic (exact) mass is 425 g/mol. The molecule has 0 radical (unpaired) electrons. The van der Waals surface area contributed by atoms with Gasteiger partial charge in [-0.15, -0.1) is 11.3 Å². The van der Waals surface area contributed by atoms with Crippen LogP contribution in [0.25, 0.3) is 0 Å². The van der Waals surface area contributed by atoms with E-state index in [1.807, 2.05) is 22.4 Å². The van der Waals surface area contributed by atoms with Crippen molar-refractivity contribution in [2.24, 2.45) is 0 Å². The van der Waals surface area contributed by atoms with Crippen molar-refractivity contribution in [1.82, 2.24) is 14.7 Å². The molecule has 4 rings (SSSR count). The standard InChI is InChI=1S/C22H23N3O4S/c26-19(8-3-9-25-21(28)17-6-1-2-7-18(17)22(25)29)23-10-12-24(13-11-23)20(27)15-16-5-4-14-30-16/h1-2,4-7,14H,3,8-13,15H2. The van der Waals surface area contributed by atoms with Gasteiger partial charge in [-0.1, -0.05) is 18.2 Å². The topological polar surface area (TPSA) is 78.0 Å². The molecular weight excluding hydrogens is 402 g/mol. The summed E-state index contributed by atoms with van der Waals surface area (Å²) in [6.45, 7) is 2.34. The summed E-state index contributed by atoms with van der Waals surface area (Å²) in [6, 6.07) is 10.7. The van der Waals surface area contributed by atoms with E-state index in [2.05, 4.69) is 0 Å². The predicted molar refractivity (Wildman–Crippen MR) is 112 cm³/mol. The first-order chi connectivity index (χ1) is 14.5. The van der Waals surface area contributed by atoms with Gasteiger partial charge in [-0.05, 0) is 30.0 Å². The van der Waals surface area contributed by atoms with Crippen LogP contribution in [-0.4, -0.2) is 71.1 Å². The van der Waals surface area contributed by atoms with Crippen LogP contribution in [-0.2, 0) is 16.0 Å². The third-order valence-electron chi connectivity index (χ3n) is 5.54. The summed E-state index contributed by atoms with van der Waals surface area (Å²) < 4.78 is 0. The number of rotatable bonds is 6. The lowest BCUT2D eigenvalue weighted by molar-refractivity contribution is -0.139. The highest BCUT2D eigenvalue weighted by atomic mass is 32.1. The molecule has 1 aromatic carbocycles. The minimum atomic E-state index is -0.291. The molecule has 0 N–H and O–H groups in total. The summed E-state index contributed by atoms with van der Waals surface area (Å²) in [4.78, 5) is 55.5. The zero-order chi connectivity index (χ0) is 21.1. The summed E-state index contributed by atoms with van der Waals surface area (Å²) in [6.07, 6.45) is 1.12. The van der Waals surface area contributed by atoms with E-state index in [9.17, 15) is 19.2 Å². The highest BCUT2D eigenvalue weighted by Crippen LogP contribution is 2.22. The lowest BCUT2D eigenvalue weighted by Gasteiger charge is -2.35. The molecule has 0 atom stereocenters. The number of hydrogen-bond donors (Lipinski definition) is 0. The van der Waals surface area contributed by atoms with Crippen LogP contribution in [0.4, 0.5) is 0 Å². The van der Waals surface area contributed by atoms with Crippen LogP contribution >= 0.6 is 11.3 Å². The second kappa shape index (κ2) is 8.79. The SMILES string of the molecule is O=C(CCCN1C(=O)c2ccccc2C1=O)N1CCN(C(=O)Cc2cccs2)CC1. The maximum absolute atomic E-state index is 12.5. The van der Waals surface area contributed by atoms with Gasteiger partial charge in [0.1, 0.15) is 0 Å². The van der Waals surface area contributed by atoms with Crippen LogP contribution in [0.1, 0.15) is 38.4 Å². The Hall–Kier alpha value is -3.00. The second-order valence-corrected chi connectivity index (χ2v) is 8.46. The van der Waals surface area contributed by atoms with Crippen molar-refractivity contribution in [2.45, 2.75) is 19.3 Å². The number of fused-ring (bicyclic) bond motifs is 1. The molecular formula is C22H23N3O4S. The van der Waals surface area contributed by atoms with Gasteiger partial charge < -0.3 is 9.80 Å². The third kappa shape index (κ3) is 4.14. The van der Waals surface area contributed by atoms with E-state index >= 15 is 0 Å². The summed E-state index contributed by atoms with van der Waals surface area (Å²) in [7, 11) is 0. The Kier molecular flexibility index (Phi) is 5.94. The summed E-state index contributed by atoms with van der Waals surface area (Å²) in [5, 5.41) is 1.96. The van der Waals surface area contributed by atoms with Gasteiger partial charge in [-0.2, -0.15) is 0 Å². The van der Waals surface area contributed by atoms with E-state index in [-0.39, 0.29) is 36.6 Å². The number of carbonyl (C=O) groups is 4. The van der Waals surface area contributed by atoms with Crippen LogP contribution < -0.4 is 0 Å². The molecule has 2 aliphatic rings. The number of amides is 4. The van der Waals surface area contributed by atoms with E-state index in [1.165, 1.54) is 4.90 Å². The smallest absolute Gasteiger partial charge is 0.261 e. The maximum atomic E-state index is 12.5. The molecule has 0 aliphatic carbocycles. The number of piperazine rings is 1. The highest BCUT2D eigenvalue weighted by molar-refractivity contribution is 7.10. The Morgan fingerprint density at radius 1 is 0.833 bits per heavy atom. The first kappa shape index (κ1) is 20.3. The molecule has 1 aromatic heterocycles. The normalized spacial score (nSPS) is 16.2. The third-order valence-corrected chi connectivity index (χ3v) is 6.42. The van der Waals surface area contributed by atoms with Gasteiger partial charge in [-0.25, -0.2) is 0 Å². The largest absolute Gasteiger partial charge is 0.339 e. The zero-order valence-corrected chi connectivity index (χ0v) is 17.4. The van der Waals surface area contributed by atoms with Crippen molar-refractivity contribution in [3.8, 4) is 0 Å². The summed E-state index contributed by atoms with van der Waals surface area (Å²) in [5.74, 6) is -0.492. The predicted octanol–water partition coefficient (Wildman–Crippen LogP) is 2.04. The van der Waals surface area contributed by atoms with E-state index in [4.69, 9.17) is 0 Å². The van der Waals surface area contributed by atoms with Crippen molar-refractivity contribution in [2.75, 3.05) is 32.7 Å². The van der Waals surface area contributed by atoms with Gasteiger partial charge in [0.2, 0.25) is 11.8 Å². The second-order valence-electron chi connectivity index (χ2n) is 7.43. The summed E-state index contributed by atoms with van der Waals surface area (Å²) in [5.41, 5.74) is 0.856. The number of imide groups is 1. The Bertz CT molecular complexity index is 930. The van der Waals surface area contributed by atoms with Crippen LogP contribution in [0.3, 0.4) is 0 Å². The molecule has 30 heavy (non-hydrogen) atoms. The lowest BCUT2D eigenvalue weighted by Crippen LogP contribution is -2.51. The van der Waals surface area contributed by atoms with Gasteiger partial charge in [0.15, 0.2) is 0 Å². The van der Waals surface area contributed by atoms with Gasteiger partial charge >= 0.3 is 0 Å². The number of nitrogens with zero attached hydrogens (tertiary/aromatic N) is 3. The van der Waals surface area contributed by atoms with Crippen LogP contribution in [0.2, 0.25) is 0 Å². The minimum absolute atomic E-state index is 0.00281. The average molecular weight is 426 g/mol. The van der Waals surface area contributed by atoms with E-state index in [0.29, 0.717) is 50.1 Å². The van der Waals surface area contributed by atoms with Crippen molar-refractivity contribution >= 4 is 35.0 Å². The summed E-state index contributed by atoms with van der Waals surface area (Å²) >= 11 is 1.57. The fourth-order valence-electron chi connectivity index (χ4n) is 3.87. The molecule has 8 heteroatoms. The van der Waals surface area contributed by atoms with Gasteiger partial charge in [-0.3, -0.25) is 24.1 Å². The number of carbonyl (C=O) groups excluding carboxylic acids is 4. The average Bonchev–Trinajstić information content (AvgIpc) is 3.36. The molecule has 2 aromatic rings. The minimum Gasteiger partial charge on any atom is -0.339 e. The molecule has 0 saturated carbocycles. The van der Waals surface area contributed by atoms with Crippen LogP contribution in [0.5, 0.6) is 0 Å². The molecule has 0 spiro atoms. The quantitative estimate of drug-likeness (QED) is 0.664. The molecule has 0 bridgehead atoms. The van der Waals surface area contributed by atoms with Gasteiger partial charge in [0.25, 0.3) is 11.8 Å². The molecule has 0 unspecified atom stereocenters. The van der Waals surface area contributed by atoms with Gasteiger partial charge in [0, 0.05) is 44.0 Å². The first-order valence-electron chi connectivity index (χ1n) is 10.1. The van der Waals surface area contributed by atoms with Crippen LogP contribution in [0.15, 0.2) is 41.8 Å².